The third kappa shape index (κ3) is 2.17. The van der Waals surface area contributed by atoms with Gasteiger partial charge in [-0.15, -0.1) is 0 Å². The number of hydrogen-bond acceptors (Lipinski definition) is 3. The van der Waals surface area contributed by atoms with E-state index in [1.54, 1.807) is 17.1 Å². The highest BCUT2D eigenvalue weighted by Gasteiger charge is 2.52. The molecule has 2 rings (SSSR count). The molecule has 0 aliphatic heterocycles. The van der Waals surface area contributed by atoms with Gasteiger partial charge in [0, 0.05) is 12.2 Å². The lowest BCUT2D eigenvalue weighted by Gasteiger charge is -2.12. The van der Waals surface area contributed by atoms with Crippen LogP contribution >= 0.6 is 12.2 Å². The van der Waals surface area contributed by atoms with Crippen molar-refractivity contribution in [3.05, 3.63) is 12.4 Å². The highest BCUT2D eigenvalue weighted by atomic mass is 32.1. The molecule has 0 spiro atoms. The molecule has 1 aliphatic carbocycles. The second kappa shape index (κ2) is 4.10. The van der Waals surface area contributed by atoms with Crippen molar-refractivity contribution < 1.29 is 4.79 Å². The second-order valence-corrected chi connectivity index (χ2v) is 5.14. The fourth-order valence-corrected chi connectivity index (χ4v) is 1.94. The molecule has 1 aliphatic rings. The zero-order valence-corrected chi connectivity index (χ0v) is 10.8. The Balaban J connectivity index is 2.06. The first-order valence-corrected chi connectivity index (χ1v) is 6.02. The Labute approximate surface area is 105 Å². The maximum absolute atomic E-state index is 12.0. The maximum Gasteiger partial charge on any atom is 0.237 e. The molecule has 5 nitrogen and oxygen atoms in total. The number of rotatable bonds is 4. The third-order valence-electron chi connectivity index (χ3n) is 3.04. The van der Waals surface area contributed by atoms with Gasteiger partial charge in [0.2, 0.25) is 5.91 Å². The first-order valence-electron chi connectivity index (χ1n) is 5.61. The van der Waals surface area contributed by atoms with Gasteiger partial charge in [-0.3, -0.25) is 9.48 Å². The number of nitrogens with zero attached hydrogens (tertiary/aromatic N) is 2. The Bertz CT molecular complexity index is 462. The number of amides is 1. The van der Waals surface area contributed by atoms with E-state index >= 15 is 0 Å². The van der Waals surface area contributed by atoms with Crippen LogP contribution in [0.1, 0.15) is 32.7 Å². The van der Waals surface area contributed by atoms with E-state index in [1.165, 1.54) is 0 Å². The van der Waals surface area contributed by atoms with Gasteiger partial charge in [0.1, 0.15) is 0 Å². The molecule has 1 aromatic heterocycles. The number of carbonyl (C=O) groups is 1. The number of thiocarbonyl (C=S) groups is 1. The summed E-state index contributed by atoms with van der Waals surface area (Å²) >= 11 is 4.93. The van der Waals surface area contributed by atoms with Crippen LogP contribution in [0.4, 0.5) is 5.69 Å². The van der Waals surface area contributed by atoms with E-state index in [0.717, 1.165) is 12.8 Å². The zero-order valence-electron chi connectivity index (χ0n) is 9.93. The topological polar surface area (TPSA) is 72.9 Å². The lowest BCUT2D eigenvalue weighted by Crippen LogP contribution is -2.34. The number of hydrogen-bond donors (Lipinski definition) is 2. The van der Waals surface area contributed by atoms with E-state index in [0.29, 0.717) is 5.69 Å². The van der Waals surface area contributed by atoms with Gasteiger partial charge in [0.05, 0.1) is 22.3 Å². The molecular formula is C11H16N4OS. The quantitative estimate of drug-likeness (QED) is 0.796. The van der Waals surface area contributed by atoms with Gasteiger partial charge in [-0.1, -0.05) is 12.2 Å². The van der Waals surface area contributed by atoms with Crippen molar-refractivity contribution in [3.8, 4) is 0 Å². The molecular weight excluding hydrogens is 236 g/mol. The fourth-order valence-electron chi connectivity index (χ4n) is 1.65. The van der Waals surface area contributed by atoms with Gasteiger partial charge in [-0.2, -0.15) is 5.10 Å². The van der Waals surface area contributed by atoms with Crippen LogP contribution in [0.2, 0.25) is 0 Å². The normalized spacial score (nSPS) is 16.9. The Hall–Kier alpha value is -1.43. The summed E-state index contributed by atoms with van der Waals surface area (Å²) in [4.78, 5) is 12.3. The van der Waals surface area contributed by atoms with Crippen LogP contribution in [0, 0.1) is 5.41 Å². The van der Waals surface area contributed by atoms with E-state index in [1.807, 2.05) is 13.8 Å². The van der Waals surface area contributed by atoms with Crippen LogP contribution in [0.3, 0.4) is 0 Å². The molecule has 0 aromatic carbocycles. The van der Waals surface area contributed by atoms with E-state index < -0.39 is 5.41 Å². The first kappa shape index (κ1) is 12.0. The summed E-state index contributed by atoms with van der Waals surface area (Å²) in [5, 5.41) is 6.97. The van der Waals surface area contributed by atoms with Crippen LogP contribution in [0.5, 0.6) is 0 Å². The SMILES string of the molecule is CC(C)n1cc(NC(=O)C2(C(N)=S)CC2)cn1. The van der Waals surface area contributed by atoms with Gasteiger partial charge in [0.15, 0.2) is 0 Å². The predicted molar refractivity (Wildman–Crippen MR) is 69.7 cm³/mol. The molecule has 0 atom stereocenters. The monoisotopic (exact) mass is 252 g/mol. The lowest BCUT2D eigenvalue weighted by molar-refractivity contribution is -0.118. The van der Waals surface area contributed by atoms with E-state index in [-0.39, 0.29) is 16.9 Å². The van der Waals surface area contributed by atoms with Crippen molar-refractivity contribution >= 4 is 28.8 Å². The molecule has 6 heteroatoms. The summed E-state index contributed by atoms with van der Waals surface area (Å²) in [5.41, 5.74) is 5.66. The number of carbonyl (C=O) groups excluding carboxylic acids is 1. The van der Waals surface area contributed by atoms with Crippen molar-refractivity contribution in [2.45, 2.75) is 32.7 Å². The van der Waals surface area contributed by atoms with E-state index in [4.69, 9.17) is 18.0 Å². The Morgan fingerprint density at radius 2 is 2.29 bits per heavy atom. The van der Waals surface area contributed by atoms with Crippen molar-refractivity contribution in [3.63, 3.8) is 0 Å². The molecule has 1 aromatic rings. The maximum atomic E-state index is 12.0. The minimum absolute atomic E-state index is 0.117. The minimum Gasteiger partial charge on any atom is -0.392 e. The Kier molecular flexibility index (Phi) is 2.91. The molecule has 0 unspecified atom stereocenters. The molecule has 0 bridgehead atoms. The van der Waals surface area contributed by atoms with Crippen LogP contribution in [-0.4, -0.2) is 20.7 Å². The van der Waals surface area contributed by atoms with Crippen LogP contribution in [0.15, 0.2) is 12.4 Å². The molecule has 1 heterocycles. The number of nitrogens with two attached hydrogens (primary N) is 1. The first-order chi connectivity index (χ1) is 7.95. The minimum atomic E-state index is -0.616. The second-order valence-electron chi connectivity index (χ2n) is 4.70. The summed E-state index contributed by atoms with van der Waals surface area (Å²) < 4.78 is 1.79. The standard InChI is InChI=1S/C11H16N4OS/c1-7(2)15-6-8(5-13-15)14-10(16)11(3-4-11)9(12)17/h5-7H,3-4H2,1-2H3,(H2,12,17)(H,14,16). The average Bonchev–Trinajstić information content (AvgIpc) is 2.94. The van der Waals surface area contributed by atoms with Crippen molar-refractivity contribution in [2.75, 3.05) is 5.32 Å². The van der Waals surface area contributed by atoms with Gasteiger partial charge in [-0.05, 0) is 26.7 Å². The summed E-state index contributed by atoms with van der Waals surface area (Å²) in [6, 6.07) is 0.270. The van der Waals surface area contributed by atoms with Crippen molar-refractivity contribution in [1.82, 2.24) is 9.78 Å². The average molecular weight is 252 g/mol. The zero-order chi connectivity index (χ0) is 12.6. The molecule has 3 N–H and O–H groups in total. The summed E-state index contributed by atoms with van der Waals surface area (Å²) in [5.74, 6) is -0.117. The van der Waals surface area contributed by atoms with E-state index in [9.17, 15) is 4.79 Å². The Morgan fingerprint density at radius 3 is 2.71 bits per heavy atom. The van der Waals surface area contributed by atoms with Crippen LogP contribution in [0.25, 0.3) is 0 Å². The molecule has 17 heavy (non-hydrogen) atoms. The van der Waals surface area contributed by atoms with Gasteiger partial charge in [0.25, 0.3) is 0 Å². The fraction of sp³-hybridized carbons (Fsp3) is 0.545. The molecule has 1 amide bonds. The van der Waals surface area contributed by atoms with Crippen molar-refractivity contribution in [1.29, 1.82) is 0 Å². The summed E-state index contributed by atoms with van der Waals surface area (Å²) in [7, 11) is 0. The highest BCUT2D eigenvalue weighted by molar-refractivity contribution is 7.80. The largest absolute Gasteiger partial charge is 0.392 e. The number of nitrogens with one attached hydrogen (secondary N) is 1. The summed E-state index contributed by atoms with van der Waals surface area (Å²) in [6.45, 7) is 4.05. The molecule has 92 valence electrons. The number of anilines is 1. The summed E-state index contributed by atoms with van der Waals surface area (Å²) in [6.07, 6.45) is 4.92. The molecule has 1 fully saturated rings. The lowest BCUT2D eigenvalue weighted by atomic mass is 10.1. The Morgan fingerprint density at radius 1 is 1.65 bits per heavy atom. The van der Waals surface area contributed by atoms with Gasteiger partial charge >= 0.3 is 0 Å². The van der Waals surface area contributed by atoms with Gasteiger partial charge < -0.3 is 11.1 Å². The highest BCUT2D eigenvalue weighted by Crippen LogP contribution is 2.46. The van der Waals surface area contributed by atoms with Gasteiger partial charge in [-0.25, -0.2) is 0 Å². The molecule has 1 saturated carbocycles. The third-order valence-corrected chi connectivity index (χ3v) is 3.44. The molecule has 0 saturated heterocycles. The molecule has 0 radical (unpaired) electrons. The van der Waals surface area contributed by atoms with Crippen LogP contribution in [-0.2, 0) is 4.79 Å². The van der Waals surface area contributed by atoms with Crippen LogP contribution < -0.4 is 11.1 Å². The van der Waals surface area contributed by atoms with Crippen molar-refractivity contribution in [2.24, 2.45) is 11.1 Å². The smallest absolute Gasteiger partial charge is 0.237 e. The predicted octanol–water partition coefficient (Wildman–Crippen LogP) is 1.47. The number of aromatic nitrogens is 2. The van der Waals surface area contributed by atoms with E-state index in [2.05, 4.69) is 10.4 Å².